The number of rotatable bonds is 4. The molecule has 20 heavy (non-hydrogen) atoms. The predicted octanol–water partition coefficient (Wildman–Crippen LogP) is 2.52. The number of aromatic amines is 1. The van der Waals surface area contributed by atoms with Crippen LogP contribution in [-0.4, -0.2) is 21.7 Å². The fraction of sp³-hybridized carbons (Fsp3) is 0.333. The highest BCUT2D eigenvalue weighted by Gasteiger charge is 2.15. The first-order valence-electron chi connectivity index (χ1n) is 6.49. The maximum absolute atomic E-state index is 11.9. The van der Waals surface area contributed by atoms with Crippen LogP contribution >= 0.6 is 0 Å². The van der Waals surface area contributed by atoms with Gasteiger partial charge in [-0.15, -0.1) is 0 Å². The second-order valence-electron chi connectivity index (χ2n) is 5.49. The van der Waals surface area contributed by atoms with Crippen molar-refractivity contribution in [3.8, 4) is 5.75 Å². The van der Waals surface area contributed by atoms with E-state index in [4.69, 9.17) is 4.74 Å². The van der Waals surface area contributed by atoms with E-state index in [1.54, 1.807) is 6.20 Å². The van der Waals surface area contributed by atoms with Gasteiger partial charge in [0.25, 0.3) is 5.91 Å². The maximum atomic E-state index is 11.9. The number of H-pyrrole nitrogens is 1. The van der Waals surface area contributed by atoms with Crippen LogP contribution in [0, 0.1) is 0 Å². The molecule has 2 aromatic rings. The van der Waals surface area contributed by atoms with Crippen LogP contribution in [0.25, 0.3) is 0 Å². The van der Waals surface area contributed by atoms with E-state index in [2.05, 4.69) is 15.5 Å². The van der Waals surface area contributed by atoms with Crippen molar-refractivity contribution in [2.45, 2.75) is 32.9 Å². The summed E-state index contributed by atoms with van der Waals surface area (Å²) in [5, 5.41) is 9.22. The Bertz CT molecular complexity index is 571. The molecule has 0 spiro atoms. The lowest BCUT2D eigenvalue weighted by atomic mass is 10.1. The fourth-order valence-corrected chi connectivity index (χ4v) is 1.73. The number of nitrogens with zero attached hydrogens (tertiary/aromatic N) is 1. The highest BCUT2D eigenvalue weighted by Crippen LogP contribution is 2.22. The van der Waals surface area contributed by atoms with E-state index >= 15 is 0 Å². The van der Waals surface area contributed by atoms with Gasteiger partial charge < -0.3 is 10.1 Å². The van der Waals surface area contributed by atoms with Crippen LogP contribution < -0.4 is 10.1 Å². The van der Waals surface area contributed by atoms with Gasteiger partial charge >= 0.3 is 0 Å². The molecule has 1 aromatic carbocycles. The van der Waals surface area contributed by atoms with Crippen molar-refractivity contribution in [2.75, 3.05) is 0 Å². The van der Waals surface area contributed by atoms with E-state index in [1.807, 2.05) is 45.0 Å². The number of para-hydroxylation sites is 1. The summed E-state index contributed by atoms with van der Waals surface area (Å²) < 4.78 is 5.89. The first kappa shape index (κ1) is 14.1. The molecule has 0 aliphatic carbocycles. The number of nitrogens with one attached hydrogen (secondary N) is 2. The van der Waals surface area contributed by atoms with Gasteiger partial charge in [-0.1, -0.05) is 18.2 Å². The zero-order chi connectivity index (χ0) is 14.6. The molecule has 1 amide bonds. The van der Waals surface area contributed by atoms with Crippen molar-refractivity contribution in [2.24, 2.45) is 0 Å². The van der Waals surface area contributed by atoms with Crippen molar-refractivity contribution >= 4 is 5.91 Å². The molecule has 0 bridgehead atoms. The summed E-state index contributed by atoms with van der Waals surface area (Å²) in [6.45, 7) is 6.39. The highest BCUT2D eigenvalue weighted by molar-refractivity contribution is 5.93. The second kappa shape index (κ2) is 5.77. The minimum Gasteiger partial charge on any atom is -0.488 e. The third-order valence-electron chi connectivity index (χ3n) is 2.59. The highest BCUT2D eigenvalue weighted by atomic mass is 16.5. The Hall–Kier alpha value is -2.30. The normalized spacial score (nSPS) is 11.2. The van der Waals surface area contributed by atoms with Crippen molar-refractivity contribution in [1.29, 1.82) is 0 Å². The van der Waals surface area contributed by atoms with Crippen molar-refractivity contribution in [3.05, 3.63) is 47.8 Å². The van der Waals surface area contributed by atoms with Gasteiger partial charge in [0.05, 0.1) is 11.8 Å². The Labute approximate surface area is 118 Å². The van der Waals surface area contributed by atoms with Gasteiger partial charge in [-0.2, -0.15) is 5.10 Å². The predicted molar refractivity (Wildman–Crippen MR) is 76.6 cm³/mol. The summed E-state index contributed by atoms with van der Waals surface area (Å²) in [4.78, 5) is 11.9. The summed E-state index contributed by atoms with van der Waals surface area (Å²) in [7, 11) is 0. The van der Waals surface area contributed by atoms with Crippen LogP contribution in [0.3, 0.4) is 0 Å². The van der Waals surface area contributed by atoms with Crippen molar-refractivity contribution in [3.63, 3.8) is 0 Å². The number of carbonyl (C=O) groups excluding carboxylic acids is 1. The lowest BCUT2D eigenvalue weighted by molar-refractivity contribution is 0.0949. The Balaban J connectivity index is 2.04. The summed E-state index contributed by atoms with van der Waals surface area (Å²) in [6, 6.07) is 7.69. The van der Waals surface area contributed by atoms with Crippen LogP contribution in [0.5, 0.6) is 5.75 Å². The number of carbonyl (C=O) groups is 1. The Morgan fingerprint density at radius 1 is 1.35 bits per heavy atom. The molecular weight excluding hydrogens is 254 g/mol. The molecule has 0 saturated heterocycles. The Morgan fingerprint density at radius 2 is 2.10 bits per heavy atom. The zero-order valence-electron chi connectivity index (χ0n) is 11.9. The van der Waals surface area contributed by atoms with E-state index < -0.39 is 0 Å². The van der Waals surface area contributed by atoms with Crippen LogP contribution in [0.1, 0.15) is 36.7 Å². The number of benzene rings is 1. The molecule has 1 aromatic heterocycles. The summed E-state index contributed by atoms with van der Waals surface area (Å²) in [5.41, 5.74) is 1.18. The molecule has 5 nitrogen and oxygen atoms in total. The minimum absolute atomic E-state index is 0.163. The minimum atomic E-state index is -0.273. The van der Waals surface area contributed by atoms with Gasteiger partial charge in [0.15, 0.2) is 0 Å². The van der Waals surface area contributed by atoms with Gasteiger partial charge in [0, 0.05) is 18.3 Å². The molecule has 0 aliphatic rings. The van der Waals surface area contributed by atoms with E-state index in [0.717, 1.165) is 11.3 Å². The lowest BCUT2D eigenvalue weighted by Gasteiger charge is -2.23. The van der Waals surface area contributed by atoms with Crippen LogP contribution in [0.4, 0.5) is 0 Å². The molecule has 106 valence electrons. The number of hydrogen-bond donors (Lipinski definition) is 2. The molecule has 1 heterocycles. The Morgan fingerprint density at radius 3 is 2.75 bits per heavy atom. The van der Waals surface area contributed by atoms with E-state index in [-0.39, 0.29) is 11.5 Å². The van der Waals surface area contributed by atoms with Crippen molar-refractivity contribution < 1.29 is 9.53 Å². The molecule has 0 radical (unpaired) electrons. The number of ether oxygens (including phenoxy) is 1. The van der Waals surface area contributed by atoms with Gasteiger partial charge in [-0.3, -0.25) is 9.89 Å². The molecule has 2 N–H and O–H groups in total. The molecule has 0 fully saturated rings. The lowest BCUT2D eigenvalue weighted by Crippen LogP contribution is -2.26. The van der Waals surface area contributed by atoms with Crippen LogP contribution in [0.2, 0.25) is 0 Å². The van der Waals surface area contributed by atoms with Gasteiger partial charge in [0.1, 0.15) is 11.4 Å². The van der Waals surface area contributed by atoms with Crippen LogP contribution in [-0.2, 0) is 6.54 Å². The molecule has 0 saturated carbocycles. The smallest absolute Gasteiger partial charge is 0.254 e. The third kappa shape index (κ3) is 3.85. The molecule has 0 unspecified atom stereocenters. The molecular formula is C15H19N3O2. The number of amides is 1. The number of hydrogen-bond acceptors (Lipinski definition) is 3. The summed E-state index contributed by atoms with van der Waals surface area (Å²) in [5.74, 6) is 0.622. The SMILES string of the molecule is CC(C)(C)Oc1ccccc1CNC(=O)c1cn[nH]c1. The average molecular weight is 273 g/mol. The van der Waals surface area contributed by atoms with E-state index in [1.165, 1.54) is 6.20 Å². The molecule has 0 aliphatic heterocycles. The number of aromatic nitrogens is 2. The van der Waals surface area contributed by atoms with Crippen molar-refractivity contribution in [1.82, 2.24) is 15.5 Å². The summed E-state index contributed by atoms with van der Waals surface area (Å²) in [6.07, 6.45) is 3.06. The first-order valence-corrected chi connectivity index (χ1v) is 6.49. The van der Waals surface area contributed by atoms with Gasteiger partial charge in [-0.25, -0.2) is 0 Å². The fourth-order valence-electron chi connectivity index (χ4n) is 1.73. The van der Waals surface area contributed by atoms with Gasteiger partial charge in [-0.05, 0) is 26.8 Å². The molecule has 0 atom stereocenters. The van der Waals surface area contributed by atoms with Crippen LogP contribution in [0.15, 0.2) is 36.7 Å². The average Bonchev–Trinajstić information content (AvgIpc) is 2.89. The topological polar surface area (TPSA) is 67.0 Å². The van der Waals surface area contributed by atoms with Gasteiger partial charge in [0.2, 0.25) is 0 Å². The monoisotopic (exact) mass is 273 g/mol. The Kier molecular flexibility index (Phi) is 4.08. The second-order valence-corrected chi connectivity index (χ2v) is 5.49. The molecule has 5 heteroatoms. The summed E-state index contributed by atoms with van der Waals surface area (Å²) >= 11 is 0. The quantitative estimate of drug-likeness (QED) is 0.899. The standard InChI is InChI=1S/C15H19N3O2/c1-15(2,3)20-13-7-5-4-6-11(13)8-16-14(19)12-9-17-18-10-12/h4-7,9-10H,8H2,1-3H3,(H,16,19)(H,17,18). The third-order valence-corrected chi connectivity index (χ3v) is 2.59. The first-order chi connectivity index (χ1) is 9.46. The van der Waals surface area contributed by atoms with E-state index in [0.29, 0.717) is 12.1 Å². The molecule has 2 rings (SSSR count). The zero-order valence-corrected chi connectivity index (χ0v) is 11.9. The largest absolute Gasteiger partial charge is 0.488 e. The van der Waals surface area contributed by atoms with E-state index in [9.17, 15) is 4.79 Å². The maximum Gasteiger partial charge on any atom is 0.254 e.